The fraction of sp³-hybridized carbons (Fsp3) is 0.214. The number of nitrogens with zero attached hydrogens (tertiary/aromatic N) is 5. The number of aromatic nitrogens is 7. The van der Waals surface area contributed by atoms with Crippen LogP contribution in [0.2, 0.25) is 0 Å². The largest absolute Gasteiger partial charge is 0.492 e. The Morgan fingerprint density at radius 3 is 2.68 bits per heavy atom. The van der Waals surface area contributed by atoms with Crippen LogP contribution in [0.3, 0.4) is 0 Å². The van der Waals surface area contributed by atoms with Crippen molar-refractivity contribution < 1.29 is 9.13 Å². The van der Waals surface area contributed by atoms with E-state index in [0.717, 1.165) is 64.1 Å². The number of aromatic amines is 3. The van der Waals surface area contributed by atoms with Crippen LogP contribution in [-0.4, -0.2) is 66.5 Å². The van der Waals surface area contributed by atoms with Gasteiger partial charge in [0.2, 0.25) is 0 Å². The van der Waals surface area contributed by atoms with E-state index >= 15 is 0 Å². The van der Waals surface area contributed by atoms with Crippen molar-refractivity contribution >= 4 is 21.8 Å². The zero-order valence-electron chi connectivity index (χ0n) is 20.5. The molecule has 1 saturated heterocycles. The van der Waals surface area contributed by atoms with E-state index in [4.69, 9.17) is 4.74 Å². The van der Waals surface area contributed by atoms with Gasteiger partial charge in [0.1, 0.15) is 23.9 Å². The van der Waals surface area contributed by atoms with Crippen LogP contribution in [0.15, 0.2) is 61.2 Å². The molecule has 0 radical (unpaired) electrons. The normalized spacial score (nSPS) is 14.1. The number of benzene rings is 1. The molecule has 190 valence electrons. The quantitative estimate of drug-likeness (QED) is 0.274. The minimum absolute atomic E-state index is 0.356. The molecule has 6 aromatic rings. The molecule has 1 aliphatic rings. The smallest absolute Gasteiger partial charge is 0.127 e. The van der Waals surface area contributed by atoms with Gasteiger partial charge in [-0.05, 0) is 56.3 Å². The van der Waals surface area contributed by atoms with Crippen LogP contribution in [0.25, 0.3) is 55.7 Å². The van der Waals surface area contributed by atoms with Gasteiger partial charge in [-0.25, -0.2) is 4.39 Å². The number of rotatable bonds is 7. The molecule has 1 fully saturated rings. The van der Waals surface area contributed by atoms with Gasteiger partial charge < -0.3 is 9.72 Å². The van der Waals surface area contributed by atoms with Crippen LogP contribution in [0.5, 0.6) is 5.75 Å². The first-order valence-corrected chi connectivity index (χ1v) is 12.7. The third-order valence-electron chi connectivity index (χ3n) is 7.06. The van der Waals surface area contributed by atoms with Gasteiger partial charge in [0, 0.05) is 52.4 Å². The topological polar surface area (TPSA) is 111 Å². The second-order valence-corrected chi connectivity index (χ2v) is 9.55. The lowest BCUT2D eigenvalue weighted by Gasteiger charge is -2.15. The number of hydrogen-bond acceptors (Lipinski definition) is 6. The molecule has 0 saturated carbocycles. The Hall–Kier alpha value is -4.57. The van der Waals surface area contributed by atoms with E-state index in [2.05, 4.69) is 40.2 Å². The summed E-state index contributed by atoms with van der Waals surface area (Å²) in [6.45, 7) is 3.57. The Balaban J connectivity index is 1.23. The molecular formula is C28H25FN8O. The standard InChI is InChI=1S/C28H25FN8O/c29-19-9-17(10-20(11-19)38-8-7-37-5-1-2-6-37)27-21-13-25(34-23(21)3-4-30-27)28-22-12-24(18-14-32-33-15-18)31-16-26(22)35-36-28/h3-4,9-16,34H,1-2,5-8H2,(H,32,33)(H,35,36). The first-order chi connectivity index (χ1) is 18.7. The number of likely N-dealkylation sites (tertiary alicyclic amines) is 1. The highest BCUT2D eigenvalue weighted by Gasteiger charge is 2.17. The summed E-state index contributed by atoms with van der Waals surface area (Å²) in [5.41, 5.74) is 6.32. The van der Waals surface area contributed by atoms with Crippen molar-refractivity contribution in [2.24, 2.45) is 0 Å². The highest BCUT2D eigenvalue weighted by Crippen LogP contribution is 2.35. The van der Waals surface area contributed by atoms with Crippen molar-refractivity contribution in [3.8, 4) is 39.7 Å². The Morgan fingerprint density at radius 2 is 1.82 bits per heavy atom. The van der Waals surface area contributed by atoms with Crippen LogP contribution in [-0.2, 0) is 0 Å². The lowest BCUT2D eigenvalue weighted by Crippen LogP contribution is -2.25. The van der Waals surface area contributed by atoms with Gasteiger partial charge in [-0.1, -0.05) is 0 Å². The summed E-state index contributed by atoms with van der Waals surface area (Å²) in [6, 6.07) is 10.7. The average Bonchev–Trinajstić information content (AvgIpc) is 3.73. The summed E-state index contributed by atoms with van der Waals surface area (Å²) in [6.07, 6.45) is 9.49. The van der Waals surface area contributed by atoms with Gasteiger partial charge in [-0.2, -0.15) is 10.2 Å². The molecule has 38 heavy (non-hydrogen) atoms. The second-order valence-electron chi connectivity index (χ2n) is 9.55. The average molecular weight is 509 g/mol. The predicted octanol–water partition coefficient (Wildman–Crippen LogP) is 5.17. The van der Waals surface area contributed by atoms with Crippen molar-refractivity contribution in [3.63, 3.8) is 0 Å². The molecule has 9 nitrogen and oxygen atoms in total. The van der Waals surface area contributed by atoms with Gasteiger partial charge in [0.25, 0.3) is 0 Å². The van der Waals surface area contributed by atoms with Gasteiger partial charge in [0.15, 0.2) is 0 Å². The number of hydrogen-bond donors (Lipinski definition) is 3. The first-order valence-electron chi connectivity index (χ1n) is 12.7. The Bertz CT molecular complexity index is 1730. The summed E-state index contributed by atoms with van der Waals surface area (Å²) >= 11 is 0. The molecule has 0 aliphatic carbocycles. The molecule has 0 atom stereocenters. The summed E-state index contributed by atoms with van der Waals surface area (Å²) in [5.74, 6) is 0.150. The molecule has 1 aromatic carbocycles. The van der Waals surface area contributed by atoms with E-state index in [1.807, 2.05) is 24.3 Å². The third kappa shape index (κ3) is 4.18. The Labute approximate surface area is 217 Å². The van der Waals surface area contributed by atoms with E-state index in [1.54, 1.807) is 24.8 Å². The molecule has 0 spiro atoms. The third-order valence-corrected chi connectivity index (χ3v) is 7.06. The van der Waals surface area contributed by atoms with Crippen LogP contribution < -0.4 is 4.74 Å². The van der Waals surface area contributed by atoms with Crippen molar-refractivity contribution in [2.45, 2.75) is 12.8 Å². The van der Waals surface area contributed by atoms with Gasteiger partial charge in [0.05, 0.1) is 35.0 Å². The minimum atomic E-state index is -0.356. The maximum atomic E-state index is 14.6. The van der Waals surface area contributed by atoms with Crippen molar-refractivity contribution in [3.05, 3.63) is 67.0 Å². The summed E-state index contributed by atoms with van der Waals surface area (Å²) < 4.78 is 20.6. The fourth-order valence-corrected chi connectivity index (χ4v) is 5.16. The molecule has 7 rings (SSSR count). The number of fused-ring (bicyclic) bond motifs is 2. The minimum Gasteiger partial charge on any atom is -0.492 e. The molecule has 3 N–H and O–H groups in total. The monoisotopic (exact) mass is 508 g/mol. The van der Waals surface area contributed by atoms with Gasteiger partial charge >= 0.3 is 0 Å². The first kappa shape index (κ1) is 22.6. The molecule has 10 heteroatoms. The van der Waals surface area contributed by atoms with Crippen molar-refractivity contribution in [2.75, 3.05) is 26.2 Å². The van der Waals surface area contributed by atoms with Crippen LogP contribution in [0.1, 0.15) is 12.8 Å². The molecule has 5 aromatic heterocycles. The molecule has 6 heterocycles. The highest BCUT2D eigenvalue weighted by atomic mass is 19.1. The predicted molar refractivity (Wildman–Crippen MR) is 143 cm³/mol. The maximum absolute atomic E-state index is 14.6. The van der Waals surface area contributed by atoms with E-state index in [-0.39, 0.29) is 5.82 Å². The molecule has 0 bridgehead atoms. The summed E-state index contributed by atoms with van der Waals surface area (Å²) in [4.78, 5) is 14.9. The van der Waals surface area contributed by atoms with Gasteiger partial charge in [-0.3, -0.25) is 25.1 Å². The fourth-order valence-electron chi connectivity index (χ4n) is 5.16. The van der Waals surface area contributed by atoms with Crippen LogP contribution in [0, 0.1) is 5.82 Å². The molecule has 1 aliphatic heterocycles. The van der Waals surface area contributed by atoms with Crippen molar-refractivity contribution in [1.82, 2.24) is 40.2 Å². The number of halogens is 1. The lowest BCUT2D eigenvalue weighted by molar-refractivity contribution is 0.237. The zero-order chi connectivity index (χ0) is 25.5. The number of pyridine rings is 2. The lowest BCUT2D eigenvalue weighted by atomic mass is 10.1. The molecular weight excluding hydrogens is 483 g/mol. The van der Waals surface area contributed by atoms with E-state index < -0.39 is 0 Å². The van der Waals surface area contributed by atoms with E-state index in [0.29, 0.717) is 23.6 Å². The van der Waals surface area contributed by atoms with Crippen molar-refractivity contribution in [1.29, 1.82) is 0 Å². The maximum Gasteiger partial charge on any atom is 0.127 e. The highest BCUT2D eigenvalue weighted by molar-refractivity contribution is 6.00. The number of H-pyrrole nitrogens is 3. The second kappa shape index (κ2) is 9.38. The summed E-state index contributed by atoms with van der Waals surface area (Å²) in [5, 5.41) is 16.3. The van der Waals surface area contributed by atoms with Crippen LogP contribution in [0.4, 0.5) is 4.39 Å². The summed E-state index contributed by atoms with van der Waals surface area (Å²) in [7, 11) is 0. The van der Waals surface area contributed by atoms with E-state index in [1.165, 1.54) is 25.0 Å². The molecule has 0 unspecified atom stereocenters. The molecule has 0 amide bonds. The Morgan fingerprint density at radius 1 is 0.921 bits per heavy atom. The Kier molecular flexibility index (Phi) is 5.58. The van der Waals surface area contributed by atoms with E-state index in [9.17, 15) is 4.39 Å². The number of nitrogens with one attached hydrogen (secondary N) is 3. The van der Waals surface area contributed by atoms with Crippen LogP contribution >= 0.6 is 0 Å². The SMILES string of the molecule is Fc1cc(OCCN2CCCC2)cc(-c2nccc3[nH]c(-c4n[nH]c5cnc(-c6cn[nH]c6)cc45)cc23)c1. The van der Waals surface area contributed by atoms with Gasteiger partial charge in [-0.15, -0.1) is 0 Å². The number of ether oxygens (including phenoxy) is 1. The zero-order valence-corrected chi connectivity index (χ0v) is 20.5.